The third kappa shape index (κ3) is 4.18. The maximum Gasteiger partial charge on any atom is 0.334 e. The minimum Gasteiger partial charge on any atom is -0.479 e. The molecule has 1 aromatic heterocycles. The van der Waals surface area contributed by atoms with Crippen LogP contribution in [0.15, 0.2) is 35.7 Å². The monoisotopic (exact) mass is 346 g/mol. The smallest absolute Gasteiger partial charge is 0.334 e. The summed E-state index contributed by atoms with van der Waals surface area (Å²) in [5, 5.41) is 11.9. The third-order valence-corrected chi connectivity index (χ3v) is 4.72. The first-order valence-corrected chi connectivity index (χ1v) is 8.59. The molecule has 1 saturated heterocycles. The third-order valence-electron chi connectivity index (χ3n) is 3.82. The summed E-state index contributed by atoms with van der Waals surface area (Å²) in [4.78, 5) is 29.4. The van der Waals surface area contributed by atoms with Crippen molar-refractivity contribution in [2.45, 2.75) is 18.9 Å². The summed E-state index contributed by atoms with van der Waals surface area (Å²) < 4.78 is 5.13. The molecule has 0 bridgehead atoms. The highest BCUT2D eigenvalue weighted by molar-refractivity contribution is 7.09. The van der Waals surface area contributed by atoms with Crippen molar-refractivity contribution in [3.63, 3.8) is 0 Å². The number of thiazole rings is 1. The molecule has 24 heavy (non-hydrogen) atoms. The molecule has 1 N–H and O–H groups in total. The summed E-state index contributed by atoms with van der Waals surface area (Å²) in [6, 6.07) is 10.1. The largest absolute Gasteiger partial charge is 0.479 e. The molecule has 0 radical (unpaired) electrons. The zero-order valence-corrected chi connectivity index (χ0v) is 13.9. The predicted molar refractivity (Wildman–Crippen MR) is 89.0 cm³/mol. The van der Waals surface area contributed by atoms with E-state index in [1.165, 1.54) is 16.9 Å². The van der Waals surface area contributed by atoms with Crippen LogP contribution in [0.3, 0.4) is 0 Å². The number of carboxylic acids is 1. The molecule has 126 valence electrons. The topological polar surface area (TPSA) is 79.7 Å². The molecule has 3 rings (SSSR count). The Kier molecular flexibility index (Phi) is 5.22. The van der Waals surface area contributed by atoms with Crippen LogP contribution >= 0.6 is 11.3 Å². The second-order valence-electron chi connectivity index (χ2n) is 5.61. The van der Waals surface area contributed by atoms with E-state index in [1.807, 2.05) is 35.7 Å². The van der Waals surface area contributed by atoms with Crippen molar-refractivity contribution in [2.75, 3.05) is 19.7 Å². The first-order valence-electron chi connectivity index (χ1n) is 7.71. The molecule has 1 unspecified atom stereocenters. The number of aromatic nitrogens is 1. The lowest BCUT2D eigenvalue weighted by atomic mass is 10.2. The van der Waals surface area contributed by atoms with Crippen LogP contribution in [0.4, 0.5) is 0 Å². The van der Waals surface area contributed by atoms with Gasteiger partial charge < -0.3 is 14.7 Å². The van der Waals surface area contributed by atoms with Crippen molar-refractivity contribution in [1.29, 1.82) is 0 Å². The number of carbonyl (C=O) groups excluding carboxylic acids is 1. The number of carboxylic acid groups (broad SMARTS) is 1. The number of rotatable bonds is 5. The standard InChI is InChI=1S/C17H18N2O4S/c20-16(19-6-7-23-14(10-19)17(21)22)9-13-11-24-15(18-13)8-12-4-2-1-3-5-12/h1-5,11,14H,6-10H2,(H,21,22). The number of hydrogen-bond donors (Lipinski definition) is 1. The molecule has 2 heterocycles. The Morgan fingerprint density at radius 3 is 2.88 bits per heavy atom. The molecule has 1 aliphatic rings. The summed E-state index contributed by atoms with van der Waals surface area (Å²) in [5.74, 6) is -1.15. The van der Waals surface area contributed by atoms with Crippen molar-refractivity contribution in [1.82, 2.24) is 9.88 Å². The number of amides is 1. The molecule has 0 saturated carbocycles. The first-order chi connectivity index (χ1) is 11.6. The Bertz CT molecular complexity index is 716. The van der Waals surface area contributed by atoms with Crippen LogP contribution in [-0.4, -0.2) is 52.7 Å². The Hall–Kier alpha value is -2.25. The Morgan fingerprint density at radius 2 is 2.12 bits per heavy atom. The maximum atomic E-state index is 12.3. The second-order valence-corrected chi connectivity index (χ2v) is 6.55. The molecule has 1 fully saturated rings. The molecule has 1 aromatic carbocycles. The van der Waals surface area contributed by atoms with Crippen LogP contribution in [-0.2, 0) is 27.2 Å². The quantitative estimate of drug-likeness (QED) is 0.889. The van der Waals surface area contributed by atoms with Gasteiger partial charge in [0, 0.05) is 18.3 Å². The lowest BCUT2D eigenvalue weighted by Crippen LogP contribution is -2.49. The van der Waals surface area contributed by atoms with Gasteiger partial charge >= 0.3 is 5.97 Å². The normalized spacial score (nSPS) is 17.7. The highest BCUT2D eigenvalue weighted by Crippen LogP contribution is 2.16. The van der Waals surface area contributed by atoms with Gasteiger partial charge in [0.25, 0.3) is 0 Å². The average Bonchev–Trinajstić information content (AvgIpc) is 3.02. The fraction of sp³-hybridized carbons (Fsp3) is 0.353. The van der Waals surface area contributed by atoms with E-state index in [4.69, 9.17) is 9.84 Å². The predicted octanol–water partition coefficient (Wildman–Crippen LogP) is 1.59. The molecule has 6 nitrogen and oxygen atoms in total. The molecule has 1 aliphatic heterocycles. The number of carbonyl (C=O) groups is 2. The van der Waals surface area contributed by atoms with E-state index in [-0.39, 0.29) is 25.5 Å². The van der Waals surface area contributed by atoms with Crippen LogP contribution in [0, 0.1) is 0 Å². The van der Waals surface area contributed by atoms with E-state index in [0.29, 0.717) is 6.54 Å². The average molecular weight is 346 g/mol. The van der Waals surface area contributed by atoms with Crippen molar-refractivity contribution < 1.29 is 19.4 Å². The van der Waals surface area contributed by atoms with E-state index in [9.17, 15) is 9.59 Å². The minimum absolute atomic E-state index is 0.0924. The number of aliphatic carboxylic acids is 1. The van der Waals surface area contributed by atoms with Crippen LogP contribution in [0.25, 0.3) is 0 Å². The number of benzene rings is 1. The zero-order valence-electron chi connectivity index (χ0n) is 13.1. The van der Waals surface area contributed by atoms with Crippen LogP contribution in [0.1, 0.15) is 16.3 Å². The van der Waals surface area contributed by atoms with E-state index in [2.05, 4.69) is 4.98 Å². The lowest BCUT2D eigenvalue weighted by molar-refractivity contribution is -0.159. The number of ether oxygens (including phenoxy) is 1. The Morgan fingerprint density at radius 1 is 1.33 bits per heavy atom. The highest BCUT2D eigenvalue weighted by atomic mass is 32.1. The number of morpholine rings is 1. The van der Waals surface area contributed by atoms with E-state index in [1.54, 1.807) is 4.90 Å². The van der Waals surface area contributed by atoms with Crippen molar-refractivity contribution >= 4 is 23.2 Å². The minimum atomic E-state index is -1.04. The van der Waals surface area contributed by atoms with Crippen molar-refractivity contribution in [3.8, 4) is 0 Å². The van der Waals surface area contributed by atoms with Gasteiger partial charge in [-0.05, 0) is 5.56 Å². The number of nitrogens with zero attached hydrogens (tertiary/aromatic N) is 2. The van der Waals surface area contributed by atoms with Crippen LogP contribution in [0.5, 0.6) is 0 Å². The SMILES string of the molecule is O=C(O)C1CN(C(=O)Cc2csc(Cc3ccccc3)n2)CCO1. The van der Waals surface area contributed by atoms with Crippen molar-refractivity contribution in [2.24, 2.45) is 0 Å². The van der Waals surface area contributed by atoms with E-state index in [0.717, 1.165) is 17.1 Å². The summed E-state index contributed by atoms with van der Waals surface area (Å²) in [6.45, 7) is 0.762. The zero-order chi connectivity index (χ0) is 16.9. The Labute approximate surface area is 143 Å². The summed E-state index contributed by atoms with van der Waals surface area (Å²) in [6.07, 6.45) is 0.00227. The fourth-order valence-corrected chi connectivity index (χ4v) is 3.40. The highest BCUT2D eigenvalue weighted by Gasteiger charge is 2.29. The van der Waals surface area contributed by atoms with Gasteiger partial charge in [0.2, 0.25) is 5.91 Å². The summed E-state index contributed by atoms with van der Waals surface area (Å²) in [7, 11) is 0. The van der Waals surface area contributed by atoms with Crippen LogP contribution in [0.2, 0.25) is 0 Å². The lowest BCUT2D eigenvalue weighted by Gasteiger charge is -2.30. The van der Waals surface area contributed by atoms with Gasteiger partial charge in [-0.25, -0.2) is 9.78 Å². The molecule has 7 heteroatoms. The molecular weight excluding hydrogens is 328 g/mol. The fourth-order valence-electron chi connectivity index (χ4n) is 2.57. The van der Waals surface area contributed by atoms with Gasteiger partial charge in [0.15, 0.2) is 6.10 Å². The van der Waals surface area contributed by atoms with E-state index >= 15 is 0 Å². The van der Waals surface area contributed by atoms with Gasteiger partial charge in [-0.2, -0.15) is 0 Å². The molecular formula is C17H18N2O4S. The molecule has 1 atom stereocenters. The second kappa shape index (κ2) is 7.55. The van der Waals surface area contributed by atoms with Crippen LogP contribution < -0.4 is 0 Å². The van der Waals surface area contributed by atoms with E-state index < -0.39 is 12.1 Å². The van der Waals surface area contributed by atoms with Gasteiger partial charge in [-0.15, -0.1) is 11.3 Å². The number of hydrogen-bond acceptors (Lipinski definition) is 5. The first kappa shape index (κ1) is 16.6. The van der Waals surface area contributed by atoms with Crippen molar-refractivity contribution in [3.05, 3.63) is 52.0 Å². The molecule has 0 aliphatic carbocycles. The Balaban J connectivity index is 1.58. The summed E-state index contributed by atoms with van der Waals surface area (Å²) >= 11 is 1.54. The summed E-state index contributed by atoms with van der Waals surface area (Å²) in [5.41, 5.74) is 1.91. The van der Waals surface area contributed by atoms with Gasteiger partial charge in [-0.3, -0.25) is 4.79 Å². The maximum absolute atomic E-state index is 12.3. The van der Waals surface area contributed by atoms with Gasteiger partial charge in [-0.1, -0.05) is 30.3 Å². The van der Waals surface area contributed by atoms with Gasteiger partial charge in [0.05, 0.1) is 30.3 Å². The molecule has 2 aromatic rings. The molecule has 0 spiro atoms. The molecule has 1 amide bonds. The van der Waals surface area contributed by atoms with Gasteiger partial charge in [0.1, 0.15) is 0 Å².